The predicted molar refractivity (Wildman–Crippen MR) is 110 cm³/mol. The van der Waals surface area contributed by atoms with Gasteiger partial charge in [0.15, 0.2) is 0 Å². The molecule has 0 saturated carbocycles. The molecule has 29 heavy (non-hydrogen) atoms. The van der Waals surface area contributed by atoms with Crippen LogP contribution in [0.2, 0.25) is 5.02 Å². The molecule has 0 aliphatic carbocycles. The molecule has 8 nitrogen and oxygen atoms in total. The molecule has 0 saturated heterocycles. The van der Waals surface area contributed by atoms with E-state index in [4.69, 9.17) is 21.9 Å². The number of halogens is 2. The Bertz CT molecular complexity index is 1060. The molecule has 0 heterocycles. The van der Waals surface area contributed by atoms with Gasteiger partial charge in [-0.05, 0) is 55.3 Å². The summed E-state index contributed by atoms with van der Waals surface area (Å²) in [4.78, 5) is 11.4. The lowest BCUT2D eigenvalue weighted by Gasteiger charge is -2.07. The van der Waals surface area contributed by atoms with Gasteiger partial charge in [-0.2, -0.15) is 16.8 Å². The van der Waals surface area contributed by atoms with E-state index in [0.717, 1.165) is 17.7 Å². The lowest BCUT2D eigenvalue weighted by atomic mass is 10.1. The fourth-order valence-corrected chi connectivity index (χ4v) is 2.68. The van der Waals surface area contributed by atoms with Gasteiger partial charge in [-0.15, -0.1) is 3.89 Å². The summed E-state index contributed by atoms with van der Waals surface area (Å²) < 4.78 is 61.1. The monoisotopic (exact) mass is 466 g/mol. The zero-order valence-electron chi connectivity index (χ0n) is 15.3. The lowest BCUT2D eigenvalue weighted by Crippen LogP contribution is -2.12. The second-order valence-electron chi connectivity index (χ2n) is 5.73. The molecular weight excluding hydrogens is 447 g/mol. The number of benzene rings is 2. The highest BCUT2D eigenvalue weighted by atomic mass is 35.5. The second-order valence-corrected chi connectivity index (χ2v) is 9.23. The number of aryl methyl sites for hydroxylation is 1. The van der Waals surface area contributed by atoms with Crippen molar-refractivity contribution in [3.05, 3.63) is 53.1 Å². The molecular formula is C17H20ClFN2O6S2. The van der Waals surface area contributed by atoms with E-state index in [0.29, 0.717) is 22.8 Å². The normalized spacial score (nSPS) is 11.3. The molecule has 0 aromatic heterocycles. The number of nitrogens with two attached hydrogens (primary N) is 1. The topological polar surface area (TPSA) is 144 Å². The molecule has 0 aliphatic heterocycles. The van der Waals surface area contributed by atoms with E-state index in [9.17, 15) is 25.5 Å². The molecule has 0 fully saturated rings. The molecule has 0 spiro atoms. The summed E-state index contributed by atoms with van der Waals surface area (Å²) in [6.45, 7) is 1.37. The largest absolute Gasteiger partial charge is 0.399 e. The smallest absolute Gasteiger partial charge is 0.332 e. The summed E-state index contributed by atoms with van der Waals surface area (Å²) in [6, 6.07) is 9.89. The Labute approximate surface area is 173 Å². The van der Waals surface area contributed by atoms with Crippen LogP contribution in [0.4, 0.5) is 15.3 Å². The number of carbonyl (C=O) groups is 1. The maximum atomic E-state index is 12.8. The first kappa shape index (κ1) is 24.8. The highest BCUT2D eigenvalue weighted by Gasteiger charge is 2.12. The number of hydrogen-bond donors (Lipinski definition) is 3. The summed E-state index contributed by atoms with van der Waals surface area (Å²) in [5, 5.41) is 3.09. The number of nitrogen functional groups attached to an aromatic ring is 1. The van der Waals surface area contributed by atoms with Crippen molar-refractivity contribution in [2.75, 3.05) is 16.8 Å². The average molecular weight is 467 g/mol. The number of nitrogens with one attached hydrogen (secondary N) is 1. The van der Waals surface area contributed by atoms with Gasteiger partial charge < -0.3 is 11.1 Å². The zero-order chi connectivity index (χ0) is 22.2. The number of anilines is 2. The van der Waals surface area contributed by atoms with Gasteiger partial charge in [-0.1, -0.05) is 17.7 Å². The van der Waals surface area contributed by atoms with Crippen LogP contribution in [-0.4, -0.2) is 33.0 Å². The zero-order valence-corrected chi connectivity index (χ0v) is 17.7. The maximum absolute atomic E-state index is 12.8. The SMILES string of the molecule is CCS(=O)(=O)O.Nc1ccc(CCC(=O)Nc2ccc(S(=O)(=O)F)cc2)c(Cl)c1. The van der Waals surface area contributed by atoms with E-state index < -0.39 is 25.2 Å². The molecule has 2 rings (SSSR count). The minimum Gasteiger partial charge on any atom is -0.399 e. The van der Waals surface area contributed by atoms with Crippen LogP contribution in [0.25, 0.3) is 0 Å². The molecule has 0 radical (unpaired) electrons. The molecule has 2 aromatic rings. The van der Waals surface area contributed by atoms with E-state index in [1.807, 2.05) is 0 Å². The molecule has 4 N–H and O–H groups in total. The molecule has 1 amide bonds. The van der Waals surface area contributed by atoms with Gasteiger partial charge in [0.1, 0.15) is 0 Å². The number of rotatable bonds is 6. The van der Waals surface area contributed by atoms with Gasteiger partial charge in [0, 0.05) is 22.8 Å². The lowest BCUT2D eigenvalue weighted by molar-refractivity contribution is -0.116. The Morgan fingerprint density at radius 1 is 1.14 bits per heavy atom. The molecule has 0 bridgehead atoms. The Morgan fingerprint density at radius 2 is 1.69 bits per heavy atom. The van der Waals surface area contributed by atoms with Crippen molar-refractivity contribution in [1.29, 1.82) is 0 Å². The summed E-state index contributed by atoms with van der Waals surface area (Å²) in [5.74, 6) is -0.471. The van der Waals surface area contributed by atoms with Crippen molar-refractivity contribution in [2.45, 2.75) is 24.7 Å². The fraction of sp³-hybridized carbons (Fsp3) is 0.235. The van der Waals surface area contributed by atoms with Crippen molar-refractivity contribution in [2.24, 2.45) is 0 Å². The van der Waals surface area contributed by atoms with Crippen molar-refractivity contribution in [3.8, 4) is 0 Å². The summed E-state index contributed by atoms with van der Waals surface area (Å²) in [7, 11) is -8.40. The molecule has 160 valence electrons. The third-order valence-electron chi connectivity index (χ3n) is 3.48. The van der Waals surface area contributed by atoms with Gasteiger partial charge in [-0.3, -0.25) is 9.35 Å². The van der Waals surface area contributed by atoms with Crippen LogP contribution in [-0.2, 0) is 31.6 Å². The highest BCUT2D eigenvalue weighted by Crippen LogP contribution is 2.21. The fourth-order valence-electron chi connectivity index (χ4n) is 1.94. The molecule has 2 aromatic carbocycles. The van der Waals surface area contributed by atoms with Gasteiger partial charge >= 0.3 is 10.2 Å². The van der Waals surface area contributed by atoms with Crippen molar-refractivity contribution in [3.63, 3.8) is 0 Å². The maximum Gasteiger partial charge on any atom is 0.332 e. The Morgan fingerprint density at radius 3 is 2.14 bits per heavy atom. The van der Waals surface area contributed by atoms with Crippen LogP contribution >= 0.6 is 11.6 Å². The minimum absolute atomic E-state index is 0.187. The number of carbonyl (C=O) groups excluding carboxylic acids is 1. The van der Waals surface area contributed by atoms with Crippen molar-refractivity contribution in [1.82, 2.24) is 0 Å². The quantitative estimate of drug-likeness (QED) is 0.337. The van der Waals surface area contributed by atoms with Crippen molar-refractivity contribution < 1.29 is 30.1 Å². The van der Waals surface area contributed by atoms with Crippen LogP contribution in [0.5, 0.6) is 0 Å². The van der Waals surface area contributed by atoms with E-state index in [-0.39, 0.29) is 18.1 Å². The van der Waals surface area contributed by atoms with Crippen LogP contribution in [0.15, 0.2) is 47.4 Å². The standard InChI is InChI=1S/C15H14ClFN2O3S.C2H6O3S/c16-14-9-11(18)3-1-10(14)2-8-15(20)19-12-4-6-13(7-5-12)23(17,21)22;1-2-6(3,4)5/h1,3-7,9H,2,8,18H2,(H,19,20);2H2,1H3,(H,3,4,5). The Balaban J connectivity index is 0.000000612. The Hall–Kier alpha value is -2.21. The Kier molecular flexibility index (Phi) is 9.02. The average Bonchev–Trinajstić information content (AvgIpc) is 2.60. The molecule has 0 aliphatic rings. The number of amides is 1. The van der Waals surface area contributed by atoms with Gasteiger partial charge in [-0.25, -0.2) is 0 Å². The minimum atomic E-state index is -4.74. The third kappa shape index (κ3) is 9.70. The van der Waals surface area contributed by atoms with E-state index in [1.54, 1.807) is 18.2 Å². The summed E-state index contributed by atoms with van der Waals surface area (Å²) in [5.41, 5.74) is 7.32. The molecule has 0 atom stereocenters. The summed E-state index contributed by atoms with van der Waals surface area (Å²) >= 11 is 6.03. The van der Waals surface area contributed by atoms with Gasteiger partial charge in [0.25, 0.3) is 10.1 Å². The first-order valence-electron chi connectivity index (χ1n) is 8.15. The summed E-state index contributed by atoms with van der Waals surface area (Å²) in [6.07, 6.45) is 0.620. The first-order valence-corrected chi connectivity index (χ1v) is 11.5. The van der Waals surface area contributed by atoms with Crippen molar-refractivity contribution >= 4 is 49.2 Å². The predicted octanol–water partition coefficient (Wildman–Crippen LogP) is 3.05. The van der Waals surface area contributed by atoms with Crippen LogP contribution in [0.1, 0.15) is 18.9 Å². The van der Waals surface area contributed by atoms with Crippen LogP contribution < -0.4 is 11.1 Å². The van der Waals surface area contributed by atoms with Gasteiger partial charge in [0.2, 0.25) is 5.91 Å². The van der Waals surface area contributed by atoms with Crippen LogP contribution in [0, 0.1) is 0 Å². The second kappa shape index (κ2) is 10.5. The highest BCUT2D eigenvalue weighted by molar-refractivity contribution is 7.86. The third-order valence-corrected chi connectivity index (χ3v) is 5.40. The molecule has 0 unspecified atom stereocenters. The number of hydrogen-bond acceptors (Lipinski definition) is 6. The first-order chi connectivity index (χ1) is 13.3. The van der Waals surface area contributed by atoms with E-state index in [2.05, 4.69) is 5.32 Å². The molecule has 12 heteroatoms. The van der Waals surface area contributed by atoms with E-state index >= 15 is 0 Å². The van der Waals surface area contributed by atoms with E-state index in [1.165, 1.54) is 19.1 Å². The van der Waals surface area contributed by atoms with Gasteiger partial charge in [0.05, 0.1) is 10.6 Å². The van der Waals surface area contributed by atoms with Crippen LogP contribution in [0.3, 0.4) is 0 Å².